The minimum absolute atomic E-state index is 0.415. The average Bonchev–Trinajstić information content (AvgIpc) is 2.83. The molecule has 102 valence electrons. The van der Waals surface area contributed by atoms with Crippen molar-refractivity contribution in [2.75, 3.05) is 0 Å². The number of hydrogen-bond donors (Lipinski definition) is 0. The predicted octanol–water partition coefficient (Wildman–Crippen LogP) is 4.64. The van der Waals surface area contributed by atoms with Gasteiger partial charge in [-0.05, 0) is 24.6 Å². The van der Waals surface area contributed by atoms with E-state index in [2.05, 4.69) is 16.0 Å². The number of thiazole rings is 1. The van der Waals surface area contributed by atoms with Gasteiger partial charge in [-0.2, -0.15) is 5.26 Å². The van der Waals surface area contributed by atoms with Crippen molar-refractivity contribution in [3.05, 3.63) is 49.9 Å². The van der Waals surface area contributed by atoms with Gasteiger partial charge in [-0.15, -0.1) is 11.3 Å². The molecule has 0 bridgehead atoms. The zero-order valence-electron chi connectivity index (χ0n) is 10.7. The van der Waals surface area contributed by atoms with E-state index in [1.165, 1.54) is 11.3 Å². The van der Waals surface area contributed by atoms with Crippen LogP contribution in [-0.4, -0.2) is 11.2 Å². The molecule has 0 N–H and O–H groups in total. The van der Waals surface area contributed by atoms with E-state index in [1.807, 2.05) is 18.4 Å². The molecule has 0 unspecified atom stereocenters. The summed E-state index contributed by atoms with van der Waals surface area (Å²) in [6.07, 6.45) is 1.61. The summed E-state index contributed by atoms with van der Waals surface area (Å²) in [4.78, 5) is 8.58. The van der Waals surface area contributed by atoms with Crippen LogP contribution in [0.15, 0.2) is 28.6 Å². The Bertz CT molecular complexity index is 673. The van der Waals surface area contributed by atoms with E-state index in [1.54, 1.807) is 18.3 Å². The first-order chi connectivity index (χ1) is 9.60. The van der Waals surface area contributed by atoms with E-state index < -0.39 is 5.92 Å². The van der Waals surface area contributed by atoms with Crippen LogP contribution >= 0.6 is 34.5 Å². The lowest BCUT2D eigenvalue weighted by Gasteiger charge is -2.02. The van der Waals surface area contributed by atoms with Crippen molar-refractivity contribution >= 4 is 40.8 Å². The Labute approximate surface area is 131 Å². The smallest absolute Gasteiger partial charge is 0.133 e. The maximum atomic E-state index is 9.16. The van der Waals surface area contributed by atoms with Crippen LogP contribution in [0.1, 0.15) is 22.2 Å². The van der Waals surface area contributed by atoms with Gasteiger partial charge >= 0.3 is 0 Å². The number of aliphatic imine (C=N–C) groups is 1. The summed E-state index contributed by atoms with van der Waals surface area (Å²) in [6.45, 7) is 2.32. The van der Waals surface area contributed by atoms with Gasteiger partial charge in [0.15, 0.2) is 0 Å². The molecular weight excluding hydrogens is 313 g/mol. The zero-order chi connectivity index (χ0) is 14.5. The number of hydrogen-bond acceptors (Lipinski definition) is 4. The number of aryl methyl sites for hydroxylation is 1. The Kier molecular flexibility index (Phi) is 5.13. The van der Waals surface area contributed by atoms with Crippen LogP contribution in [0.25, 0.3) is 0 Å². The first-order valence-corrected chi connectivity index (χ1v) is 7.49. The SMILES string of the molecule is Cc1csc([C@@H](C#N)C=NCc2ccc(Cl)cc2Cl)n1. The zero-order valence-corrected chi connectivity index (χ0v) is 13.0. The van der Waals surface area contributed by atoms with Crippen LogP contribution in [0.5, 0.6) is 0 Å². The second-order valence-corrected chi connectivity index (χ2v) is 5.89. The van der Waals surface area contributed by atoms with Crippen molar-refractivity contribution in [1.82, 2.24) is 4.98 Å². The fourth-order valence-corrected chi connectivity index (χ4v) is 2.84. The Hall–Kier alpha value is -1.41. The van der Waals surface area contributed by atoms with E-state index in [4.69, 9.17) is 28.5 Å². The first-order valence-electron chi connectivity index (χ1n) is 5.85. The van der Waals surface area contributed by atoms with Crippen LogP contribution in [0.2, 0.25) is 10.0 Å². The van der Waals surface area contributed by atoms with Crippen molar-refractivity contribution in [3.63, 3.8) is 0 Å². The summed E-state index contributed by atoms with van der Waals surface area (Å²) < 4.78 is 0. The number of aromatic nitrogens is 1. The van der Waals surface area contributed by atoms with Crippen molar-refractivity contribution < 1.29 is 0 Å². The van der Waals surface area contributed by atoms with E-state index in [0.717, 1.165) is 16.3 Å². The molecule has 0 saturated carbocycles. The highest BCUT2D eigenvalue weighted by atomic mass is 35.5. The number of nitrogens with zero attached hydrogens (tertiary/aromatic N) is 3. The van der Waals surface area contributed by atoms with Gasteiger partial charge < -0.3 is 0 Å². The Morgan fingerprint density at radius 3 is 2.90 bits per heavy atom. The standard InChI is InChI=1S/C14H11Cl2N3S/c1-9-8-20-14(19-9)11(5-17)7-18-6-10-2-3-12(15)4-13(10)16/h2-4,7-8,11H,6H2,1H3/t11-/m0/s1. The molecule has 2 rings (SSSR count). The molecular formula is C14H11Cl2N3S. The number of benzene rings is 1. The largest absolute Gasteiger partial charge is 0.291 e. The maximum absolute atomic E-state index is 9.16. The van der Waals surface area contributed by atoms with Gasteiger partial charge in [0.1, 0.15) is 10.9 Å². The molecule has 0 aliphatic rings. The first kappa shape index (κ1) is 15.0. The molecule has 2 aromatic rings. The van der Waals surface area contributed by atoms with Gasteiger partial charge in [0.25, 0.3) is 0 Å². The van der Waals surface area contributed by atoms with Gasteiger partial charge in [0, 0.05) is 27.3 Å². The van der Waals surface area contributed by atoms with Crippen LogP contribution in [0.4, 0.5) is 0 Å². The molecule has 0 radical (unpaired) electrons. The van der Waals surface area contributed by atoms with Gasteiger partial charge in [-0.3, -0.25) is 4.99 Å². The summed E-state index contributed by atoms with van der Waals surface area (Å²) in [5.41, 5.74) is 1.79. The van der Waals surface area contributed by atoms with Gasteiger partial charge in [0.2, 0.25) is 0 Å². The predicted molar refractivity (Wildman–Crippen MR) is 83.9 cm³/mol. The highest BCUT2D eigenvalue weighted by molar-refractivity contribution is 7.09. The quantitative estimate of drug-likeness (QED) is 0.770. The molecule has 1 atom stereocenters. The molecule has 0 aliphatic carbocycles. The monoisotopic (exact) mass is 323 g/mol. The van der Waals surface area contributed by atoms with Crippen molar-refractivity contribution in [3.8, 4) is 6.07 Å². The summed E-state index contributed by atoms with van der Waals surface area (Å²) >= 11 is 13.4. The third-order valence-electron chi connectivity index (χ3n) is 2.57. The lowest BCUT2D eigenvalue weighted by atomic mass is 10.2. The molecule has 6 heteroatoms. The molecule has 1 aromatic heterocycles. The lowest BCUT2D eigenvalue weighted by molar-refractivity contribution is 1.03. The van der Waals surface area contributed by atoms with Gasteiger partial charge in [-0.1, -0.05) is 29.3 Å². The van der Waals surface area contributed by atoms with E-state index in [9.17, 15) is 0 Å². The molecule has 1 heterocycles. The van der Waals surface area contributed by atoms with Gasteiger partial charge in [0.05, 0.1) is 12.6 Å². The Balaban J connectivity index is 2.07. The number of rotatable bonds is 4. The second kappa shape index (κ2) is 6.85. The average molecular weight is 324 g/mol. The van der Waals surface area contributed by atoms with E-state index in [0.29, 0.717) is 16.6 Å². The van der Waals surface area contributed by atoms with E-state index >= 15 is 0 Å². The van der Waals surface area contributed by atoms with Crippen LogP contribution in [0, 0.1) is 18.3 Å². The Morgan fingerprint density at radius 1 is 1.50 bits per heavy atom. The van der Waals surface area contributed by atoms with Crippen molar-refractivity contribution in [2.24, 2.45) is 4.99 Å². The number of nitriles is 1. The molecule has 3 nitrogen and oxygen atoms in total. The molecule has 1 aromatic carbocycles. The maximum Gasteiger partial charge on any atom is 0.133 e. The summed E-state index contributed by atoms with van der Waals surface area (Å²) in [6, 6.07) is 7.47. The highest BCUT2D eigenvalue weighted by Crippen LogP contribution is 2.22. The molecule has 0 fully saturated rings. The molecule has 0 spiro atoms. The minimum Gasteiger partial charge on any atom is -0.291 e. The summed E-state index contributed by atoms with van der Waals surface area (Å²) in [5.74, 6) is -0.417. The molecule has 0 saturated heterocycles. The van der Waals surface area contributed by atoms with Crippen molar-refractivity contribution in [1.29, 1.82) is 5.26 Å². The highest BCUT2D eigenvalue weighted by Gasteiger charge is 2.11. The van der Waals surface area contributed by atoms with Crippen molar-refractivity contribution in [2.45, 2.75) is 19.4 Å². The molecule has 0 aliphatic heterocycles. The van der Waals surface area contributed by atoms with Crippen LogP contribution in [0.3, 0.4) is 0 Å². The third kappa shape index (κ3) is 3.80. The van der Waals surface area contributed by atoms with Gasteiger partial charge in [-0.25, -0.2) is 4.98 Å². The second-order valence-electron chi connectivity index (χ2n) is 4.16. The fourth-order valence-electron chi connectivity index (χ4n) is 1.57. The van der Waals surface area contributed by atoms with E-state index in [-0.39, 0.29) is 0 Å². The molecule has 20 heavy (non-hydrogen) atoms. The summed E-state index contributed by atoms with van der Waals surface area (Å²) in [7, 11) is 0. The molecule has 0 amide bonds. The number of halogens is 2. The third-order valence-corrected chi connectivity index (χ3v) is 4.21. The van der Waals surface area contributed by atoms with Crippen LogP contribution in [-0.2, 0) is 6.54 Å². The Morgan fingerprint density at radius 2 is 2.30 bits per heavy atom. The normalized spacial score (nSPS) is 12.5. The lowest BCUT2D eigenvalue weighted by Crippen LogP contribution is -1.97. The minimum atomic E-state index is -0.417. The topological polar surface area (TPSA) is 49.0 Å². The fraction of sp³-hybridized carbons (Fsp3) is 0.214. The summed E-state index contributed by atoms with van der Waals surface area (Å²) in [5, 5.41) is 13.0. The van der Waals surface area contributed by atoms with Crippen LogP contribution < -0.4 is 0 Å².